The Morgan fingerprint density at radius 3 is 2.69 bits per heavy atom. The van der Waals surface area contributed by atoms with Crippen molar-refractivity contribution in [3.05, 3.63) is 54.0 Å². The molecule has 0 fully saturated rings. The number of benzene rings is 1. The molecule has 4 heteroatoms. The van der Waals surface area contributed by atoms with Gasteiger partial charge in [-0.15, -0.1) is 0 Å². The molecule has 0 spiro atoms. The normalized spacial score (nSPS) is 10.1. The third-order valence-electron chi connectivity index (χ3n) is 2.24. The molecule has 0 unspecified atom stereocenters. The quantitative estimate of drug-likeness (QED) is 0.714. The average molecular weight is 215 g/mol. The molecule has 16 heavy (non-hydrogen) atoms. The van der Waals surface area contributed by atoms with Crippen LogP contribution in [0.15, 0.2) is 42.6 Å². The third-order valence-corrected chi connectivity index (χ3v) is 2.24. The minimum absolute atomic E-state index is 0.220. The molecule has 0 bridgehead atoms. The number of aromatic nitrogens is 1. The predicted molar refractivity (Wildman–Crippen MR) is 63.1 cm³/mol. The molecule has 1 aromatic heterocycles. The molecule has 80 valence electrons. The number of hydrogen-bond acceptors (Lipinski definition) is 2. The van der Waals surface area contributed by atoms with Crippen LogP contribution in [0.25, 0.3) is 0 Å². The van der Waals surface area contributed by atoms with Gasteiger partial charge in [-0.1, -0.05) is 18.2 Å². The molecule has 2 rings (SSSR count). The zero-order valence-corrected chi connectivity index (χ0v) is 8.98. The van der Waals surface area contributed by atoms with Crippen LogP contribution in [0.5, 0.6) is 5.75 Å². The molecular weight excluding hydrogens is 204 g/mol. The van der Waals surface area contributed by atoms with Crippen LogP contribution >= 0.6 is 0 Å². The van der Waals surface area contributed by atoms with E-state index in [0.717, 1.165) is 5.59 Å². The Kier molecular flexibility index (Phi) is 3.20. The number of halogens is 1. The largest absolute Gasteiger partial charge is 0.487 e. The lowest BCUT2D eigenvalue weighted by Crippen LogP contribution is -2.07. The van der Waals surface area contributed by atoms with Crippen molar-refractivity contribution in [2.45, 2.75) is 6.61 Å². The second-order valence-corrected chi connectivity index (χ2v) is 3.52. The van der Waals surface area contributed by atoms with Crippen LogP contribution in [-0.2, 0) is 6.61 Å². The highest BCUT2D eigenvalue weighted by molar-refractivity contribution is 6.30. The summed E-state index contributed by atoms with van der Waals surface area (Å²) in [6.07, 6.45) is 1.64. The topological polar surface area (TPSA) is 22.1 Å². The van der Waals surface area contributed by atoms with Crippen molar-refractivity contribution >= 4 is 13.4 Å². The van der Waals surface area contributed by atoms with Gasteiger partial charge in [0.25, 0.3) is 0 Å². The maximum atomic E-state index is 13.3. The summed E-state index contributed by atoms with van der Waals surface area (Å²) in [5.41, 5.74) is 1.47. The molecule has 0 N–H and O–H groups in total. The fraction of sp³-hybridized carbons (Fsp3) is 0.0833. The van der Waals surface area contributed by atoms with E-state index in [-0.39, 0.29) is 12.4 Å². The summed E-state index contributed by atoms with van der Waals surface area (Å²) in [5.74, 6) is 0.399. The second-order valence-electron chi connectivity index (χ2n) is 3.52. The Hall–Kier alpha value is -1.84. The van der Waals surface area contributed by atoms with Gasteiger partial charge in [0.15, 0.2) is 7.85 Å². The van der Waals surface area contributed by atoms with Crippen LogP contribution in [0.3, 0.4) is 0 Å². The van der Waals surface area contributed by atoms with Crippen LogP contribution in [0, 0.1) is 5.82 Å². The first-order valence-corrected chi connectivity index (χ1v) is 5.04. The van der Waals surface area contributed by atoms with Crippen LogP contribution in [0.4, 0.5) is 4.39 Å². The van der Waals surface area contributed by atoms with Gasteiger partial charge in [0.05, 0.1) is 6.20 Å². The summed E-state index contributed by atoms with van der Waals surface area (Å²) < 4.78 is 18.7. The van der Waals surface area contributed by atoms with Gasteiger partial charge in [-0.25, -0.2) is 4.39 Å². The molecule has 0 saturated heterocycles. The lowest BCUT2D eigenvalue weighted by atomic mass is 10.0. The number of pyridine rings is 1. The van der Waals surface area contributed by atoms with E-state index >= 15 is 0 Å². The van der Waals surface area contributed by atoms with Crippen LogP contribution in [0.2, 0.25) is 0 Å². The molecule has 0 radical (unpaired) electrons. The monoisotopic (exact) mass is 215 g/mol. The molecule has 0 atom stereocenters. The highest BCUT2D eigenvalue weighted by atomic mass is 19.1. The summed E-state index contributed by atoms with van der Waals surface area (Å²) in [5, 5.41) is 0. The zero-order valence-electron chi connectivity index (χ0n) is 8.98. The fourth-order valence-corrected chi connectivity index (χ4v) is 1.32. The first-order valence-electron chi connectivity index (χ1n) is 5.04. The maximum Gasteiger partial charge on any atom is 0.163 e. The van der Waals surface area contributed by atoms with Crippen molar-refractivity contribution in [2.24, 2.45) is 0 Å². The molecule has 1 heterocycles. The Morgan fingerprint density at radius 1 is 1.19 bits per heavy atom. The lowest BCUT2D eigenvalue weighted by molar-refractivity contribution is 0.299. The summed E-state index contributed by atoms with van der Waals surface area (Å²) >= 11 is 0. The molecule has 0 aliphatic rings. The van der Waals surface area contributed by atoms with Crippen molar-refractivity contribution in [3.63, 3.8) is 0 Å². The van der Waals surface area contributed by atoms with E-state index in [9.17, 15) is 4.39 Å². The first-order chi connectivity index (χ1) is 7.75. The SMILES string of the molecule is Bc1ccc(OCc2ccccc2F)cn1. The molecule has 1 aromatic carbocycles. The van der Waals surface area contributed by atoms with Gasteiger partial charge in [0.1, 0.15) is 18.2 Å². The van der Waals surface area contributed by atoms with Gasteiger partial charge in [-0.05, 0) is 23.8 Å². The first kappa shape index (κ1) is 10.7. The van der Waals surface area contributed by atoms with Gasteiger partial charge in [-0.3, -0.25) is 4.98 Å². The number of rotatable bonds is 3. The van der Waals surface area contributed by atoms with Crippen molar-refractivity contribution in [1.29, 1.82) is 0 Å². The smallest absolute Gasteiger partial charge is 0.163 e. The van der Waals surface area contributed by atoms with Crippen LogP contribution in [0.1, 0.15) is 5.56 Å². The third kappa shape index (κ3) is 2.60. The number of hydrogen-bond donors (Lipinski definition) is 0. The Bertz CT molecular complexity index is 473. The van der Waals surface area contributed by atoms with Crippen molar-refractivity contribution in [3.8, 4) is 5.75 Å². The maximum absolute atomic E-state index is 13.3. The van der Waals surface area contributed by atoms with E-state index in [1.807, 2.05) is 20.0 Å². The molecule has 2 nitrogen and oxygen atoms in total. The second kappa shape index (κ2) is 4.79. The van der Waals surface area contributed by atoms with E-state index in [2.05, 4.69) is 4.98 Å². The Morgan fingerprint density at radius 2 is 2.00 bits per heavy atom. The summed E-state index contributed by atoms with van der Waals surface area (Å²) in [6, 6.07) is 10.3. The molecule has 2 aromatic rings. The van der Waals surface area contributed by atoms with Gasteiger partial charge in [-0.2, -0.15) is 0 Å². The lowest BCUT2D eigenvalue weighted by Gasteiger charge is -2.06. The zero-order chi connectivity index (χ0) is 11.4. The molecule has 0 amide bonds. The molecule has 0 aliphatic heterocycles. The summed E-state index contributed by atoms with van der Waals surface area (Å²) in [7, 11) is 1.90. The van der Waals surface area contributed by atoms with Crippen molar-refractivity contribution in [1.82, 2.24) is 4.98 Å². The van der Waals surface area contributed by atoms with Crippen LogP contribution in [-0.4, -0.2) is 12.8 Å². The fourth-order valence-electron chi connectivity index (χ4n) is 1.32. The molecule has 0 saturated carbocycles. The predicted octanol–water partition coefficient (Wildman–Crippen LogP) is 1.06. The minimum Gasteiger partial charge on any atom is -0.487 e. The summed E-state index contributed by atoms with van der Waals surface area (Å²) in [4.78, 5) is 4.10. The number of nitrogens with zero attached hydrogens (tertiary/aromatic N) is 1. The van der Waals surface area contributed by atoms with E-state index in [0.29, 0.717) is 11.3 Å². The van der Waals surface area contributed by atoms with Crippen molar-refractivity contribution in [2.75, 3.05) is 0 Å². The Labute approximate surface area is 94.5 Å². The van der Waals surface area contributed by atoms with Gasteiger partial charge >= 0.3 is 0 Å². The highest BCUT2D eigenvalue weighted by Crippen LogP contribution is 2.11. The molecular formula is C12H11BFNO. The van der Waals surface area contributed by atoms with E-state index in [4.69, 9.17) is 4.74 Å². The van der Waals surface area contributed by atoms with Gasteiger partial charge in [0.2, 0.25) is 0 Å². The number of ether oxygens (including phenoxy) is 1. The van der Waals surface area contributed by atoms with E-state index in [1.165, 1.54) is 6.07 Å². The molecule has 0 aliphatic carbocycles. The van der Waals surface area contributed by atoms with Crippen LogP contribution < -0.4 is 10.3 Å². The standard InChI is InChI=1S/C12H11BFNO/c13-12-6-5-10(7-15-12)16-8-9-3-1-2-4-11(9)14/h1-7H,8,13H2. The van der Waals surface area contributed by atoms with Gasteiger partial charge in [0, 0.05) is 5.56 Å². The summed E-state index contributed by atoms with van der Waals surface area (Å²) in [6.45, 7) is 0.220. The van der Waals surface area contributed by atoms with Gasteiger partial charge < -0.3 is 4.74 Å². The Balaban J connectivity index is 2.02. The van der Waals surface area contributed by atoms with Crippen molar-refractivity contribution < 1.29 is 9.13 Å². The van der Waals surface area contributed by atoms with E-state index < -0.39 is 0 Å². The van der Waals surface area contributed by atoms with E-state index in [1.54, 1.807) is 24.4 Å². The highest BCUT2D eigenvalue weighted by Gasteiger charge is 2.01. The minimum atomic E-state index is -0.248. The average Bonchev–Trinajstić information content (AvgIpc) is 2.30.